The van der Waals surface area contributed by atoms with Gasteiger partial charge in [-0.3, -0.25) is 19.4 Å². The molecule has 4 unspecified atom stereocenters. The fraction of sp³-hybridized carbons (Fsp3) is 0.963. The third-order valence-electron chi connectivity index (χ3n) is 13.1. The number of rotatable bonds is 50. The van der Waals surface area contributed by atoms with Gasteiger partial charge < -0.3 is 31.1 Å². The molecule has 0 spiro atoms. The van der Waals surface area contributed by atoms with Gasteiger partial charge >= 0.3 is 11.8 Å². The number of hydrogen-bond donors (Lipinski definition) is 6. The van der Waals surface area contributed by atoms with E-state index in [0.717, 1.165) is 77.0 Å². The largest absolute Gasteiger partial charge is 0.392 e. The van der Waals surface area contributed by atoms with Gasteiger partial charge in [-0.25, -0.2) is 0 Å². The Balaban J connectivity index is 5.04. The second kappa shape index (κ2) is 48.2. The molecular formula is C54H110N4O6. The number of aliphatic hydroxyl groups excluding tert-OH is 4. The molecule has 0 heterocycles. The maximum atomic E-state index is 12.9. The van der Waals surface area contributed by atoms with Crippen LogP contribution in [0.5, 0.6) is 0 Å². The second-order valence-electron chi connectivity index (χ2n) is 19.7. The molecular weight excluding hydrogens is 801 g/mol. The van der Waals surface area contributed by atoms with Crippen LogP contribution in [0.25, 0.3) is 0 Å². The van der Waals surface area contributed by atoms with Crippen molar-refractivity contribution in [1.29, 1.82) is 0 Å². The molecule has 2 amide bonds. The summed E-state index contributed by atoms with van der Waals surface area (Å²) in [5, 5.41) is 49.4. The normalized spacial score (nSPS) is 13.7. The predicted octanol–water partition coefficient (Wildman–Crippen LogP) is 11.4. The Kier molecular flexibility index (Phi) is 47.2. The van der Waals surface area contributed by atoms with Gasteiger partial charge in [-0.2, -0.15) is 0 Å². The fourth-order valence-corrected chi connectivity index (χ4v) is 8.94. The number of hydrogen-bond acceptors (Lipinski definition) is 8. The molecule has 0 aliphatic heterocycles. The first kappa shape index (κ1) is 62.7. The molecule has 0 bridgehead atoms. The maximum Gasteiger partial charge on any atom is 0.309 e. The molecule has 0 aromatic rings. The van der Waals surface area contributed by atoms with E-state index >= 15 is 0 Å². The standard InChI is InChI=1S/C54H110N4O6/c1-5-9-13-17-21-25-29-33-37-49(59)45-57(46-50(60)38-34-30-26-22-18-14-10-6-2)43-41-55-53(63)54(64)56-42-44-58(47-51(61)39-35-31-27-23-19-15-11-7-3)48-52(62)40-36-32-28-24-20-16-12-8-4/h49-52,59-62H,5-48H2,1-4H3,(H,55,63)(H,56,64). The number of carbonyl (C=O) groups is 2. The monoisotopic (exact) mass is 911 g/mol. The van der Waals surface area contributed by atoms with Crippen molar-refractivity contribution in [3.63, 3.8) is 0 Å². The summed E-state index contributed by atoms with van der Waals surface area (Å²) in [5.74, 6) is -1.40. The van der Waals surface area contributed by atoms with Crippen molar-refractivity contribution in [2.45, 2.75) is 283 Å². The van der Waals surface area contributed by atoms with Gasteiger partial charge in [0.25, 0.3) is 0 Å². The van der Waals surface area contributed by atoms with Crippen molar-refractivity contribution >= 4 is 11.8 Å². The summed E-state index contributed by atoms with van der Waals surface area (Å²) in [6.45, 7) is 12.0. The van der Waals surface area contributed by atoms with Gasteiger partial charge in [0.15, 0.2) is 0 Å². The molecule has 64 heavy (non-hydrogen) atoms. The fourth-order valence-electron chi connectivity index (χ4n) is 8.94. The van der Waals surface area contributed by atoms with E-state index in [4.69, 9.17) is 0 Å². The molecule has 382 valence electrons. The van der Waals surface area contributed by atoms with Gasteiger partial charge in [0.2, 0.25) is 0 Å². The van der Waals surface area contributed by atoms with Crippen molar-refractivity contribution in [3.05, 3.63) is 0 Å². The molecule has 0 radical (unpaired) electrons. The average molecular weight is 911 g/mol. The van der Waals surface area contributed by atoms with Crippen LogP contribution in [0.3, 0.4) is 0 Å². The summed E-state index contributed by atoms with van der Waals surface area (Å²) in [7, 11) is 0. The third-order valence-corrected chi connectivity index (χ3v) is 13.1. The summed E-state index contributed by atoms with van der Waals surface area (Å²) in [4.78, 5) is 29.9. The van der Waals surface area contributed by atoms with Gasteiger partial charge in [0, 0.05) is 52.4 Å². The smallest absolute Gasteiger partial charge is 0.309 e. The van der Waals surface area contributed by atoms with Gasteiger partial charge in [-0.15, -0.1) is 0 Å². The van der Waals surface area contributed by atoms with E-state index < -0.39 is 36.2 Å². The van der Waals surface area contributed by atoms with Crippen molar-refractivity contribution in [3.8, 4) is 0 Å². The number of nitrogens with zero attached hydrogens (tertiary/aromatic N) is 2. The number of aliphatic hydroxyl groups is 4. The SMILES string of the molecule is CCCCCCCCCCC(O)CN(CCNC(=O)C(=O)NCCN(CC(O)CCCCCCCCCC)CC(O)CCCCCCCCCC)CC(O)CCCCCCCCCC. The topological polar surface area (TPSA) is 146 Å². The molecule has 0 aromatic heterocycles. The molecule has 0 aromatic carbocycles. The van der Waals surface area contributed by atoms with Crippen molar-refractivity contribution < 1.29 is 30.0 Å². The Hall–Kier alpha value is -1.30. The van der Waals surface area contributed by atoms with Crippen LogP contribution in [0.4, 0.5) is 0 Å². The first-order valence-corrected chi connectivity index (χ1v) is 27.9. The van der Waals surface area contributed by atoms with Crippen LogP contribution < -0.4 is 10.6 Å². The van der Waals surface area contributed by atoms with Crippen LogP contribution in [0.2, 0.25) is 0 Å². The molecule has 10 heteroatoms. The lowest BCUT2D eigenvalue weighted by Gasteiger charge is -2.28. The third kappa shape index (κ3) is 43.3. The van der Waals surface area contributed by atoms with E-state index in [-0.39, 0.29) is 13.1 Å². The van der Waals surface area contributed by atoms with Gasteiger partial charge in [-0.1, -0.05) is 233 Å². The lowest BCUT2D eigenvalue weighted by molar-refractivity contribution is -0.139. The quantitative estimate of drug-likeness (QED) is 0.0261. The van der Waals surface area contributed by atoms with Crippen LogP contribution in [0.15, 0.2) is 0 Å². The summed E-state index contributed by atoms with van der Waals surface area (Å²) in [6.07, 6.45) is 39.7. The highest BCUT2D eigenvalue weighted by atomic mass is 16.3. The molecule has 0 fully saturated rings. The van der Waals surface area contributed by atoms with Crippen LogP contribution >= 0.6 is 0 Å². The first-order valence-electron chi connectivity index (χ1n) is 27.9. The molecule has 0 saturated carbocycles. The molecule has 6 N–H and O–H groups in total. The molecule has 0 aliphatic rings. The zero-order chi connectivity index (χ0) is 47.1. The highest BCUT2D eigenvalue weighted by Crippen LogP contribution is 2.16. The van der Waals surface area contributed by atoms with Crippen LogP contribution in [0.1, 0.15) is 259 Å². The minimum Gasteiger partial charge on any atom is -0.392 e. The van der Waals surface area contributed by atoms with Crippen LogP contribution in [0, 0.1) is 0 Å². The first-order chi connectivity index (χ1) is 31.2. The highest BCUT2D eigenvalue weighted by Gasteiger charge is 2.20. The average Bonchev–Trinajstić information content (AvgIpc) is 3.27. The lowest BCUT2D eigenvalue weighted by Crippen LogP contribution is -2.47. The minimum atomic E-state index is -0.699. The second-order valence-corrected chi connectivity index (χ2v) is 19.7. The number of nitrogens with one attached hydrogen (secondary N) is 2. The van der Waals surface area contributed by atoms with E-state index in [0.29, 0.717) is 39.3 Å². The number of carbonyl (C=O) groups excluding carboxylic acids is 2. The number of amides is 2. The van der Waals surface area contributed by atoms with E-state index in [1.54, 1.807) is 0 Å². The van der Waals surface area contributed by atoms with E-state index in [9.17, 15) is 30.0 Å². The lowest BCUT2D eigenvalue weighted by atomic mass is 10.0. The zero-order valence-electron chi connectivity index (χ0n) is 42.9. The van der Waals surface area contributed by atoms with Crippen molar-refractivity contribution in [2.24, 2.45) is 0 Å². The Bertz CT molecular complexity index is 859. The van der Waals surface area contributed by atoms with Gasteiger partial charge in [0.05, 0.1) is 24.4 Å². The Labute approximate surface area is 396 Å². The minimum absolute atomic E-state index is 0.239. The van der Waals surface area contributed by atoms with Crippen LogP contribution in [-0.4, -0.2) is 119 Å². The van der Waals surface area contributed by atoms with Crippen LogP contribution in [-0.2, 0) is 9.59 Å². The molecule has 0 rings (SSSR count). The summed E-state index contributed by atoms with van der Waals surface area (Å²) in [6, 6.07) is 0. The molecule has 4 atom stereocenters. The molecule has 0 aliphatic carbocycles. The van der Waals surface area contributed by atoms with Gasteiger partial charge in [0.1, 0.15) is 0 Å². The van der Waals surface area contributed by atoms with Crippen molar-refractivity contribution in [2.75, 3.05) is 52.4 Å². The van der Waals surface area contributed by atoms with E-state index in [2.05, 4.69) is 38.3 Å². The summed E-state index contributed by atoms with van der Waals surface area (Å²) < 4.78 is 0. The predicted molar refractivity (Wildman–Crippen MR) is 272 cm³/mol. The Morgan fingerprint density at radius 3 is 0.719 bits per heavy atom. The van der Waals surface area contributed by atoms with Gasteiger partial charge in [-0.05, 0) is 25.7 Å². The zero-order valence-corrected chi connectivity index (χ0v) is 42.9. The Morgan fingerprint density at radius 1 is 0.328 bits per heavy atom. The summed E-state index contributed by atoms with van der Waals surface area (Å²) >= 11 is 0. The summed E-state index contributed by atoms with van der Waals surface area (Å²) in [5.41, 5.74) is 0. The maximum absolute atomic E-state index is 12.9. The van der Waals surface area contributed by atoms with E-state index in [1.807, 2.05) is 9.80 Å². The highest BCUT2D eigenvalue weighted by molar-refractivity contribution is 6.35. The van der Waals surface area contributed by atoms with Crippen molar-refractivity contribution in [1.82, 2.24) is 20.4 Å². The van der Waals surface area contributed by atoms with E-state index in [1.165, 1.54) is 154 Å². The number of unbranched alkanes of at least 4 members (excludes halogenated alkanes) is 28. The molecule has 0 saturated heterocycles. The molecule has 10 nitrogen and oxygen atoms in total. The Morgan fingerprint density at radius 2 is 0.516 bits per heavy atom.